The molecule has 1 aromatic rings. The van der Waals surface area contributed by atoms with Crippen LogP contribution in [-0.4, -0.2) is 56.0 Å². The number of hydrogen-bond donors (Lipinski definition) is 1. The Hall–Kier alpha value is -2.01. The Labute approximate surface area is 138 Å². The maximum atomic E-state index is 12.3. The Bertz CT molecular complexity index is 565. The molecule has 0 spiro atoms. The van der Waals surface area contributed by atoms with Gasteiger partial charge in [-0.1, -0.05) is 17.7 Å². The molecule has 0 aromatic heterocycles. The second-order valence-corrected chi connectivity index (χ2v) is 5.95. The summed E-state index contributed by atoms with van der Waals surface area (Å²) in [4.78, 5) is 22.8. The Morgan fingerprint density at radius 3 is 2.78 bits per heavy atom. The summed E-state index contributed by atoms with van der Waals surface area (Å²) in [6.45, 7) is 7.59. The highest BCUT2D eigenvalue weighted by Crippen LogP contribution is 2.20. The van der Waals surface area contributed by atoms with Crippen LogP contribution in [0, 0.1) is 6.92 Å². The van der Waals surface area contributed by atoms with Crippen LogP contribution in [0.3, 0.4) is 0 Å². The van der Waals surface area contributed by atoms with E-state index in [0.29, 0.717) is 13.1 Å². The van der Waals surface area contributed by atoms with E-state index in [1.165, 1.54) is 5.56 Å². The van der Waals surface area contributed by atoms with E-state index in [4.69, 9.17) is 0 Å². The van der Waals surface area contributed by atoms with Crippen molar-refractivity contribution >= 4 is 24.0 Å². The van der Waals surface area contributed by atoms with Gasteiger partial charge < -0.3 is 10.3 Å². The lowest BCUT2D eigenvalue weighted by Gasteiger charge is -2.25. The van der Waals surface area contributed by atoms with Gasteiger partial charge in [0.1, 0.15) is 0 Å². The molecule has 5 heteroatoms. The summed E-state index contributed by atoms with van der Waals surface area (Å²) in [5, 5.41) is 2.97. The summed E-state index contributed by atoms with van der Waals surface area (Å²) in [7, 11) is 1.82. The molecular weight excluding hydrogens is 288 g/mol. The normalized spacial score (nSPS) is 18.9. The molecular formula is C18H26N4O. The van der Waals surface area contributed by atoms with Gasteiger partial charge in [-0.25, -0.2) is 0 Å². The van der Waals surface area contributed by atoms with E-state index in [9.17, 15) is 4.79 Å². The second-order valence-electron chi connectivity index (χ2n) is 5.95. The SMILES string of the molecule is C=NCCC(=NC)[C@@H]1CCCN1CC(=O)Nc1ccc(C)cc1. The highest BCUT2D eigenvalue weighted by Gasteiger charge is 2.29. The third kappa shape index (κ3) is 4.99. The van der Waals surface area contributed by atoms with Crippen LogP contribution < -0.4 is 5.32 Å². The number of carbonyl (C=O) groups is 1. The quantitative estimate of drug-likeness (QED) is 0.786. The van der Waals surface area contributed by atoms with Crippen molar-refractivity contribution in [3.05, 3.63) is 29.8 Å². The van der Waals surface area contributed by atoms with E-state index in [1.54, 1.807) is 0 Å². The largest absolute Gasteiger partial charge is 0.325 e. The molecule has 0 bridgehead atoms. The van der Waals surface area contributed by atoms with Crippen LogP contribution in [0.1, 0.15) is 24.8 Å². The van der Waals surface area contributed by atoms with E-state index >= 15 is 0 Å². The average molecular weight is 314 g/mol. The lowest BCUT2D eigenvalue weighted by molar-refractivity contribution is -0.117. The standard InChI is InChI=1S/C18H26N4O/c1-14-6-8-15(9-7-14)21-18(23)13-22-12-4-5-17(22)16(20-3)10-11-19-2/h6-9,17H,2,4-5,10-13H2,1,3H3,(H,21,23)/t17-/m0/s1. The van der Waals surface area contributed by atoms with Crippen LogP contribution in [-0.2, 0) is 4.79 Å². The van der Waals surface area contributed by atoms with Gasteiger partial charge in [-0.3, -0.25) is 14.7 Å². The van der Waals surface area contributed by atoms with E-state index in [2.05, 4.69) is 26.9 Å². The molecule has 1 atom stereocenters. The summed E-state index contributed by atoms with van der Waals surface area (Å²) in [6.07, 6.45) is 2.98. The summed E-state index contributed by atoms with van der Waals surface area (Å²) in [6, 6.07) is 8.12. The maximum Gasteiger partial charge on any atom is 0.238 e. The van der Waals surface area contributed by atoms with Crippen molar-refractivity contribution in [3.8, 4) is 0 Å². The molecule has 1 fully saturated rings. The smallest absolute Gasteiger partial charge is 0.238 e. The molecule has 0 unspecified atom stereocenters. The number of rotatable bonds is 7. The number of carbonyl (C=O) groups excluding carboxylic acids is 1. The fourth-order valence-corrected chi connectivity index (χ4v) is 3.04. The van der Waals surface area contributed by atoms with Gasteiger partial charge in [0.05, 0.1) is 6.54 Å². The van der Waals surface area contributed by atoms with Gasteiger partial charge in [0, 0.05) is 37.5 Å². The summed E-state index contributed by atoms with van der Waals surface area (Å²) in [5.74, 6) is 0.0260. The van der Waals surface area contributed by atoms with Gasteiger partial charge >= 0.3 is 0 Å². The Morgan fingerprint density at radius 1 is 1.39 bits per heavy atom. The zero-order chi connectivity index (χ0) is 16.7. The number of amides is 1. The molecule has 5 nitrogen and oxygen atoms in total. The Balaban J connectivity index is 1.93. The topological polar surface area (TPSA) is 57.1 Å². The average Bonchev–Trinajstić information content (AvgIpc) is 2.98. The van der Waals surface area contributed by atoms with Gasteiger partial charge in [-0.2, -0.15) is 0 Å². The molecule has 1 aliphatic rings. The molecule has 23 heavy (non-hydrogen) atoms. The third-order valence-corrected chi connectivity index (χ3v) is 4.24. The van der Waals surface area contributed by atoms with Crippen molar-refractivity contribution < 1.29 is 4.79 Å². The van der Waals surface area contributed by atoms with Crippen molar-refractivity contribution in [3.63, 3.8) is 0 Å². The number of likely N-dealkylation sites (tertiary alicyclic amines) is 1. The van der Waals surface area contributed by atoms with E-state index in [0.717, 1.165) is 37.2 Å². The first kappa shape index (κ1) is 17.3. The summed E-state index contributed by atoms with van der Waals surface area (Å²) < 4.78 is 0. The Kier molecular flexibility index (Phi) is 6.47. The third-order valence-electron chi connectivity index (χ3n) is 4.24. The molecule has 0 saturated carbocycles. The molecule has 0 radical (unpaired) electrons. The van der Waals surface area contributed by atoms with E-state index in [-0.39, 0.29) is 11.9 Å². The molecule has 1 aliphatic heterocycles. The minimum absolute atomic E-state index is 0.0260. The first-order valence-corrected chi connectivity index (χ1v) is 8.12. The number of anilines is 1. The highest BCUT2D eigenvalue weighted by atomic mass is 16.2. The van der Waals surface area contributed by atoms with Gasteiger partial charge in [-0.15, -0.1) is 0 Å². The minimum atomic E-state index is 0.0260. The summed E-state index contributed by atoms with van der Waals surface area (Å²) in [5.41, 5.74) is 3.15. The van der Waals surface area contributed by atoms with Crippen LogP contribution in [0.4, 0.5) is 5.69 Å². The van der Waals surface area contributed by atoms with Crippen LogP contribution in [0.25, 0.3) is 0 Å². The number of nitrogens with zero attached hydrogens (tertiary/aromatic N) is 3. The van der Waals surface area contributed by atoms with Gasteiger partial charge in [0.15, 0.2) is 0 Å². The van der Waals surface area contributed by atoms with Crippen LogP contribution in [0.5, 0.6) is 0 Å². The van der Waals surface area contributed by atoms with Crippen molar-refractivity contribution in [1.29, 1.82) is 0 Å². The second kappa shape index (κ2) is 8.58. The Morgan fingerprint density at radius 2 is 2.13 bits per heavy atom. The van der Waals surface area contributed by atoms with E-state index < -0.39 is 0 Å². The molecule has 124 valence electrons. The number of nitrogens with one attached hydrogen (secondary N) is 1. The van der Waals surface area contributed by atoms with Crippen LogP contribution in [0.2, 0.25) is 0 Å². The summed E-state index contributed by atoms with van der Waals surface area (Å²) >= 11 is 0. The lowest BCUT2D eigenvalue weighted by Crippen LogP contribution is -2.41. The van der Waals surface area contributed by atoms with Crippen molar-refractivity contribution in [2.75, 3.05) is 32.0 Å². The van der Waals surface area contributed by atoms with Gasteiger partial charge in [0.2, 0.25) is 5.91 Å². The predicted octanol–water partition coefficient (Wildman–Crippen LogP) is 2.56. The minimum Gasteiger partial charge on any atom is -0.325 e. The molecule has 1 amide bonds. The fraction of sp³-hybridized carbons (Fsp3) is 0.500. The molecule has 1 N–H and O–H groups in total. The molecule has 1 saturated heterocycles. The zero-order valence-electron chi connectivity index (χ0n) is 14.1. The first-order valence-electron chi connectivity index (χ1n) is 8.12. The number of hydrogen-bond acceptors (Lipinski definition) is 4. The lowest BCUT2D eigenvalue weighted by atomic mass is 10.1. The van der Waals surface area contributed by atoms with Gasteiger partial charge in [-0.05, 0) is 45.2 Å². The predicted molar refractivity (Wildman–Crippen MR) is 96.8 cm³/mol. The fourth-order valence-electron chi connectivity index (χ4n) is 3.04. The zero-order valence-corrected chi connectivity index (χ0v) is 14.1. The van der Waals surface area contributed by atoms with Crippen molar-refractivity contribution in [2.45, 2.75) is 32.2 Å². The number of benzene rings is 1. The first-order chi connectivity index (χ1) is 11.1. The van der Waals surface area contributed by atoms with Gasteiger partial charge in [0.25, 0.3) is 0 Å². The monoisotopic (exact) mass is 314 g/mol. The number of aryl methyl sites for hydroxylation is 1. The molecule has 1 aromatic carbocycles. The molecule has 2 rings (SSSR count). The molecule has 0 aliphatic carbocycles. The molecule has 1 heterocycles. The van der Waals surface area contributed by atoms with Crippen molar-refractivity contribution in [2.24, 2.45) is 9.98 Å². The number of aliphatic imine (C=N–C) groups is 2. The van der Waals surface area contributed by atoms with Crippen molar-refractivity contribution in [1.82, 2.24) is 4.90 Å². The maximum absolute atomic E-state index is 12.3. The van der Waals surface area contributed by atoms with Crippen LogP contribution in [0.15, 0.2) is 34.3 Å². The van der Waals surface area contributed by atoms with E-state index in [1.807, 2.05) is 38.2 Å². The highest BCUT2D eigenvalue weighted by molar-refractivity contribution is 5.94. The van der Waals surface area contributed by atoms with Crippen LogP contribution >= 0.6 is 0 Å².